The Morgan fingerprint density at radius 3 is 2.10 bits per heavy atom. The van der Waals surface area contributed by atoms with E-state index in [1.807, 2.05) is 13.8 Å². The minimum Gasteiger partial charge on any atom is -0.481 e. The summed E-state index contributed by atoms with van der Waals surface area (Å²) in [5.74, 6) is -0.750. The quantitative estimate of drug-likeness (QED) is 0.589. The zero-order chi connectivity index (χ0) is 7.99. The molecule has 3 heteroatoms. The third kappa shape index (κ3) is 0.669. The molecule has 0 aromatic carbocycles. The molecule has 1 atom stereocenters. The summed E-state index contributed by atoms with van der Waals surface area (Å²) in [6.45, 7) is 4.14. The maximum absolute atomic E-state index is 10.7. The molecule has 0 amide bonds. The smallest absolute Gasteiger partial charge is 0.311 e. The summed E-state index contributed by atoms with van der Waals surface area (Å²) in [6.07, 6.45) is 0.714. The molecule has 0 heterocycles. The lowest BCUT2D eigenvalue weighted by molar-refractivity contribution is -0.144. The van der Waals surface area contributed by atoms with Crippen LogP contribution in [0.3, 0.4) is 0 Å². The Balaban J connectivity index is 2.78. The van der Waals surface area contributed by atoms with Crippen LogP contribution in [0.15, 0.2) is 0 Å². The van der Waals surface area contributed by atoms with E-state index in [4.69, 9.17) is 10.8 Å². The number of hydrogen-bond acceptors (Lipinski definition) is 2. The fraction of sp³-hybridized carbons (Fsp3) is 0.857. The average Bonchev–Trinajstić information content (AvgIpc) is 2.35. The SMILES string of the molecule is CC1(C)C[C@@]1(CN)C(=O)O. The number of rotatable bonds is 2. The molecule has 0 aliphatic heterocycles. The van der Waals surface area contributed by atoms with E-state index in [9.17, 15) is 4.79 Å². The largest absolute Gasteiger partial charge is 0.481 e. The van der Waals surface area contributed by atoms with Crippen LogP contribution < -0.4 is 5.73 Å². The van der Waals surface area contributed by atoms with Gasteiger partial charge in [0.05, 0.1) is 5.41 Å². The molecule has 0 spiro atoms. The van der Waals surface area contributed by atoms with Gasteiger partial charge in [-0.3, -0.25) is 4.79 Å². The van der Waals surface area contributed by atoms with Crippen LogP contribution in [0.2, 0.25) is 0 Å². The van der Waals surface area contributed by atoms with Gasteiger partial charge in [0.2, 0.25) is 0 Å². The number of carboxylic acid groups (broad SMARTS) is 1. The highest BCUT2D eigenvalue weighted by atomic mass is 16.4. The van der Waals surface area contributed by atoms with E-state index in [2.05, 4.69) is 0 Å². The molecule has 58 valence electrons. The molecule has 1 saturated carbocycles. The van der Waals surface area contributed by atoms with Gasteiger partial charge in [0.1, 0.15) is 0 Å². The van der Waals surface area contributed by atoms with Gasteiger partial charge < -0.3 is 10.8 Å². The minimum atomic E-state index is -0.750. The van der Waals surface area contributed by atoms with Crippen LogP contribution in [0.25, 0.3) is 0 Å². The molecule has 0 unspecified atom stereocenters. The lowest BCUT2D eigenvalue weighted by atomic mass is 9.96. The molecule has 3 nitrogen and oxygen atoms in total. The van der Waals surface area contributed by atoms with Crippen molar-refractivity contribution in [1.29, 1.82) is 0 Å². The first kappa shape index (κ1) is 7.54. The minimum absolute atomic E-state index is 0.0897. The van der Waals surface area contributed by atoms with Crippen LogP contribution in [0.1, 0.15) is 20.3 Å². The molecule has 0 saturated heterocycles. The van der Waals surface area contributed by atoms with Gasteiger partial charge >= 0.3 is 5.97 Å². The molecule has 0 aromatic rings. The zero-order valence-electron chi connectivity index (χ0n) is 6.35. The van der Waals surface area contributed by atoms with Crippen LogP contribution in [-0.2, 0) is 4.79 Å². The molecular formula is C7H13NO2. The van der Waals surface area contributed by atoms with Gasteiger partial charge in [0, 0.05) is 6.54 Å². The maximum atomic E-state index is 10.7. The molecule has 1 aliphatic rings. The molecule has 0 bridgehead atoms. The van der Waals surface area contributed by atoms with Crippen molar-refractivity contribution in [2.24, 2.45) is 16.6 Å². The highest BCUT2D eigenvalue weighted by Crippen LogP contribution is 2.62. The van der Waals surface area contributed by atoms with E-state index in [1.165, 1.54) is 0 Å². The van der Waals surface area contributed by atoms with E-state index >= 15 is 0 Å². The van der Waals surface area contributed by atoms with Gasteiger partial charge in [-0.05, 0) is 11.8 Å². The second-order valence-corrected chi connectivity index (χ2v) is 3.65. The fourth-order valence-electron chi connectivity index (χ4n) is 1.51. The molecular weight excluding hydrogens is 130 g/mol. The van der Waals surface area contributed by atoms with E-state index < -0.39 is 11.4 Å². The molecule has 0 aromatic heterocycles. The van der Waals surface area contributed by atoms with E-state index in [0.29, 0.717) is 6.42 Å². The van der Waals surface area contributed by atoms with Gasteiger partial charge in [-0.2, -0.15) is 0 Å². The second kappa shape index (κ2) is 1.72. The van der Waals surface area contributed by atoms with Crippen molar-refractivity contribution in [2.75, 3.05) is 6.54 Å². The van der Waals surface area contributed by atoms with E-state index in [-0.39, 0.29) is 12.0 Å². The lowest BCUT2D eigenvalue weighted by Gasteiger charge is -2.11. The predicted molar refractivity (Wildman–Crippen MR) is 37.5 cm³/mol. The Labute approximate surface area is 60.2 Å². The topological polar surface area (TPSA) is 63.3 Å². The van der Waals surface area contributed by atoms with E-state index in [0.717, 1.165) is 0 Å². The summed E-state index contributed by atoms with van der Waals surface area (Å²) < 4.78 is 0. The fourth-order valence-corrected chi connectivity index (χ4v) is 1.51. The summed E-state index contributed by atoms with van der Waals surface area (Å²) >= 11 is 0. The first-order chi connectivity index (χ1) is 4.46. The summed E-state index contributed by atoms with van der Waals surface area (Å²) in [6, 6.07) is 0. The van der Waals surface area contributed by atoms with Crippen molar-refractivity contribution in [2.45, 2.75) is 20.3 Å². The van der Waals surface area contributed by atoms with Gasteiger partial charge in [0.15, 0.2) is 0 Å². The Morgan fingerprint density at radius 2 is 2.10 bits per heavy atom. The van der Waals surface area contributed by atoms with Crippen molar-refractivity contribution < 1.29 is 9.90 Å². The Morgan fingerprint density at radius 1 is 1.70 bits per heavy atom. The van der Waals surface area contributed by atoms with Crippen LogP contribution in [0.4, 0.5) is 0 Å². The molecule has 10 heavy (non-hydrogen) atoms. The third-order valence-electron chi connectivity index (χ3n) is 2.67. The third-order valence-corrected chi connectivity index (χ3v) is 2.67. The van der Waals surface area contributed by atoms with Gasteiger partial charge in [-0.25, -0.2) is 0 Å². The van der Waals surface area contributed by atoms with Gasteiger partial charge in [0.25, 0.3) is 0 Å². The van der Waals surface area contributed by atoms with Crippen LogP contribution in [0, 0.1) is 10.8 Å². The summed E-state index contributed by atoms with van der Waals surface area (Å²) in [7, 11) is 0. The van der Waals surface area contributed by atoms with Crippen molar-refractivity contribution in [3.8, 4) is 0 Å². The molecule has 1 aliphatic carbocycles. The average molecular weight is 143 g/mol. The first-order valence-electron chi connectivity index (χ1n) is 3.40. The number of nitrogens with two attached hydrogens (primary N) is 1. The molecule has 0 radical (unpaired) electrons. The van der Waals surface area contributed by atoms with Crippen molar-refractivity contribution in [3.05, 3.63) is 0 Å². The van der Waals surface area contributed by atoms with Crippen LogP contribution in [-0.4, -0.2) is 17.6 Å². The van der Waals surface area contributed by atoms with Crippen molar-refractivity contribution >= 4 is 5.97 Å². The second-order valence-electron chi connectivity index (χ2n) is 3.65. The summed E-state index contributed by atoms with van der Waals surface area (Å²) in [5.41, 5.74) is 4.66. The Bertz CT molecular complexity index is 176. The standard InChI is InChI=1S/C7H13NO2/c1-6(2)3-7(6,4-8)5(9)10/h3-4,8H2,1-2H3,(H,9,10)/t7-/m1/s1. The van der Waals surface area contributed by atoms with Crippen LogP contribution in [0.5, 0.6) is 0 Å². The molecule has 1 fully saturated rings. The zero-order valence-corrected chi connectivity index (χ0v) is 6.35. The summed E-state index contributed by atoms with van der Waals surface area (Å²) in [4.78, 5) is 10.7. The number of carbonyl (C=O) groups is 1. The number of aliphatic carboxylic acids is 1. The molecule has 1 rings (SSSR count). The van der Waals surface area contributed by atoms with Crippen molar-refractivity contribution in [1.82, 2.24) is 0 Å². The number of hydrogen-bond donors (Lipinski definition) is 2. The highest BCUT2D eigenvalue weighted by molar-refractivity contribution is 5.80. The van der Waals surface area contributed by atoms with E-state index in [1.54, 1.807) is 0 Å². The number of carboxylic acids is 1. The normalized spacial score (nSPS) is 35.5. The van der Waals surface area contributed by atoms with Crippen LogP contribution >= 0.6 is 0 Å². The summed E-state index contributed by atoms with van der Waals surface area (Å²) in [5, 5.41) is 8.76. The Hall–Kier alpha value is -0.570. The lowest BCUT2D eigenvalue weighted by Crippen LogP contribution is -2.29. The Kier molecular flexibility index (Phi) is 1.30. The maximum Gasteiger partial charge on any atom is 0.311 e. The van der Waals surface area contributed by atoms with Gasteiger partial charge in [-0.15, -0.1) is 0 Å². The monoisotopic (exact) mass is 143 g/mol. The first-order valence-corrected chi connectivity index (χ1v) is 3.40. The predicted octanol–water partition coefficient (Wildman–Crippen LogP) is 0.446. The van der Waals surface area contributed by atoms with Crippen molar-refractivity contribution in [3.63, 3.8) is 0 Å². The van der Waals surface area contributed by atoms with Gasteiger partial charge in [-0.1, -0.05) is 13.8 Å². The molecule has 3 N–H and O–H groups in total. The highest BCUT2D eigenvalue weighted by Gasteiger charge is 2.65.